The number of carbonyl (C=O) groups excluding carboxylic acids is 3. The van der Waals surface area contributed by atoms with E-state index in [0.29, 0.717) is 24.4 Å². The van der Waals surface area contributed by atoms with Crippen LogP contribution >= 0.6 is 0 Å². The lowest BCUT2D eigenvalue weighted by molar-refractivity contribution is -0.126. The molecule has 3 aromatic rings. The molecule has 2 atom stereocenters. The maximum atomic E-state index is 13.6. The summed E-state index contributed by atoms with van der Waals surface area (Å²) in [5.74, 6) is -1.15. The summed E-state index contributed by atoms with van der Waals surface area (Å²) in [6.45, 7) is 2.80. The molecule has 188 valence electrons. The standard InChI is InChI=1S/C28H31N3O5/c1-2-20-12-14-22(15-13-20)31(25(32)19-30-27(33)24-11-7-17-36-24)26(21-8-4-3-5-9-21)28(34)29-18-23-10-6-16-35-23/h3-5,7-9,11-15,17,23,26H,2,6,10,16,18-19H2,1H3,(H,29,34)(H,30,33). The summed E-state index contributed by atoms with van der Waals surface area (Å²) in [4.78, 5) is 41.1. The number of furan rings is 1. The Balaban J connectivity index is 1.63. The molecule has 0 radical (unpaired) electrons. The summed E-state index contributed by atoms with van der Waals surface area (Å²) in [5.41, 5.74) is 2.33. The van der Waals surface area contributed by atoms with Crippen LogP contribution in [0.2, 0.25) is 0 Å². The summed E-state index contributed by atoms with van der Waals surface area (Å²) in [6.07, 6.45) is 4.05. The molecule has 8 nitrogen and oxygen atoms in total. The molecule has 4 rings (SSSR count). The number of hydrogen-bond acceptors (Lipinski definition) is 5. The van der Waals surface area contributed by atoms with Crippen molar-refractivity contribution in [2.45, 2.75) is 38.3 Å². The van der Waals surface area contributed by atoms with Gasteiger partial charge in [-0.25, -0.2) is 0 Å². The maximum absolute atomic E-state index is 13.6. The number of nitrogens with one attached hydrogen (secondary N) is 2. The first-order valence-corrected chi connectivity index (χ1v) is 12.2. The van der Waals surface area contributed by atoms with E-state index in [0.717, 1.165) is 24.8 Å². The van der Waals surface area contributed by atoms with Crippen LogP contribution in [0.15, 0.2) is 77.4 Å². The summed E-state index contributed by atoms with van der Waals surface area (Å²) in [7, 11) is 0. The number of rotatable bonds is 10. The average Bonchev–Trinajstić information content (AvgIpc) is 3.64. The summed E-state index contributed by atoms with van der Waals surface area (Å²) in [6, 6.07) is 18.9. The third kappa shape index (κ3) is 6.20. The molecule has 1 aromatic heterocycles. The molecule has 0 spiro atoms. The SMILES string of the molecule is CCc1ccc(N(C(=O)CNC(=O)c2ccco2)C(C(=O)NCC2CCCO2)c2ccccc2)cc1. The lowest BCUT2D eigenvalue weighted by atomic mass is 10.0. The first-order chi connectivity index (χ1) is 17.6. The third-order valence-corrected chi connectivity index (χ3v) is 6.19. The van der Waals surface area contributed by atoms with E-state index in [1.807, 2.05) is 61.5 Å². The van der Waals surface area contributed by atoms with E-state index in [1.54, 1.807) is 6.07 Å². The van der Waals surface area contributed by atoms with Crippen molar-refractivity contribution in [2.24, 2.45) is 0 Å². The Kier molecular flexibility index (Phi) is 8.52. The molecule has 2 unspecified atom stereocenters. The van der Waals surface area contributed by atoms with Gasteiger partial charge in [-0.3, -0.25) is 19.3 Å². The Morgan fingerprint density at radius 1 is 1.00 bits per heavy atom. The van der Waals surface area contributed by atoms with Gasteiger partial charge in [0.05, 0.1) is 18.9 Å². The number of nitrogens with zero attached hydrogens (tertiary/aromatic N) is 1. The maximum Gasteiger partial charge on any atom is 0.287 e. The van der Waals surface area contributed by atoms with Crippen LogP contribution in [0.1, 0.15) is 47.5 Å². The van der Waals surface area contributed by atoms with Crippen molar-refractivity contribution < 1.29 is 23.5 Å². The molecule has 8 heteroatoms. The molecule has 3 amide bonds. The second-order valence-corrected chi connectivity index (χ2v) is 8.64. The fourth-order valence-corrected chi connectivity index (χ4v) is 4.23. The van der Waals surface area contributed by atoms with Gasteiger partial charge in [0.1, 0.15) is 6.04 Å². The highest BCUT2D eigenvalue weighted by Gasteiger charge is 2.33. The zero-order chi connectivity index (χ0) is 25.3. The minimum Gasteiger partial charge on any atom is -0.459 e. The van der Waals surface area contributed by atoms with Crippen molar-refractivity contribution in [1.29, 1.82) is 0 Å². The van der Waals surface area contributed by atoms with E-state index in [1.165, 1.54) is 17.2 Å². The topological polar surface area (TPSA) is 101 Å². The van der Waals surface area contributed by atoms with Crippen molar-refractivity contribution in [1.82, 2.24) is 10.6 Å². The molecule has 2 heterocycles. The van der Waals surface area contributed by atoms with Gasteiger partial charge in [0, 0.05) is 18.8 Å². The Morgan fingerprint density at radius 2 is 1.78 bits per heavy atom. The molecule has 36 heavy (non-hydrogen) atoms. The largest absolute Gasteiger partial charge is 0.459 e. The normalized spacial score (nSPS) is 15.8. The third-order valence-electron chi connectivity index (χ3n) is 6.19. The van der Waals surface area contributed by atoms with Crippen LogP contribution in [-0.4, -0.2) is 43.5 Å². The zero-order valence-corrected chi connectivity index (χ0v) is 20.3. The monoisotopic (exact) mass is 489 g/mol. The second-order valence-electron chi connectivity index (χ2n) is 8.64. The first kappa shape index (κ1) is 25.2. The molecular formula is C28H31N3O5. The quantitative estimate of drug-likeness (QED) is 0.453. The van der Waals surface area contributed by atoms with Crippen molar-refractivity contribution in [2.75, 3.05) is 24.6 Å². The van der Waals surface area contributed by atoms with Crippen LogP contribution in [0.3, 0.4) is 0 Å². The van der Waals surface area contributed by atoms with E-state index >= 15 is 0 Å². The predicted octanol–water partition coefficient (Wildman–Crippen LogP) is 3.64. The zero-order valence-electron chi connectivity index (χ0n) is 20.3. The van der Waals surface area contributed by atoms with Crippen molar-refractivity contribution in [3.63, 3.8) is 0 Å². The van der Waals surface area contributed by atoms with Gasteiger partial charge in [0.2, 0.25) is 11.8 Å². The average molecular weight is 490 g/mol. The predicted molar refractivity (Wildman–Crippen MR) is 136 cm³/mol. The van der Waals surface area contributed by atoms with Crippen molar-refractivity contribution >= 4 is 23.4 Å². The molecular weight excluding hydrogens is 458 g/mol. The van der Waals surface area contributed by atoms with Crippen LogP contribution in [0.4, 0.5) is 5.69 Å². The fraction of sp³-hybridized carbons (Fsp3) is 0.321. The Morgan fingerprint density at radius 3 is 2.42 bits per heavy atom. The number of benzene rings is 2. The molecule has 1 aliphatic heterocycles. The van der Waals surface area contributed by atoms with E-state index in [-0.39, 0.29) is 24.3 Å². The minimum atomic E-state index is -0.937. The van der Waals surface area contributed by atoms with Gasteiger partial charge >= 0.3 is 0 Å². The van der Waals surface area contributed by atoms with Gasteiger partial charge in [-0.2, -0.15) is 0 Å². The summed E-state index contributed by atoms with van der Waals surface area (Å²) >= 11 is 0. The van der Waals surface area contributed by atoms with Crippen LogP contribution < -0.4 is 15.5 Å². The molecule has 1 aliphatic rings. The summed E-state index contributed by atoms with van der Waals surface area (Å²) in [5, 5.41) is 5.58. The molecule has 2 aromatic carbocycles. The van der Waals surface area contributed by atoms with Crippen LogP contribution in [0.5, 0.6) is 0 Å². The van der Waals surface area contributed by atoms with E-state index < -0.39 is 17.9 Å². The smallest absolute Gasteiger partial charge is 0.287 e. The number of hydrogen-bond donors (Lipinski definition) is 2. The molecule has 0 saturated carbocycles. The highest BCUT2D eigenvalue weighted by molar-refractivity contribution is 6.04. The van der Waals surface area contributed by atoms with Gasteiger partial charge in [-0.15, -0.1) is 0 Å². The van der Waals surface area contributed by atoms with Crippen molar-refractivity contribution in [3.05, 3.63) is 89.9 Å². The number of anilines is 1. The molecule has 1 fully saturated rings. The van der Waals surface area contributed by atoms with E-state index in [4.69, 9.17) is 9.15 Å². The van der Waals surface area contributed by atoms with Gasteiger partial charge in [0.25, 0.3) is 5.91 Å². The van der Waals surface area contributed by atoms with Crippen LogP contribution in [0.25, 0.3) is 0 Å². The first-order valence-electron chi connectivity index (χ1n) is 12.2. The van der Waals surface area contributed by atoms with Crippen LogP contribution in [-0.2, 0) is 20.7 Å². The molecule has 1 saturated heterocycles. The van der Waals surface area contributed by atoms with Gasteiger partial charge in [0.15, 0.2) is 5.76 Å². The number of aryl methyl sites for hydroxylation is 1. The van der Waals surface area contributed by atoms with Crippen LogP contribution in [0, 0.1) is 0 Å². The van der Waals surface area contributed by atoms with Crippen molar-refractivity contribution in [3.8, 4) is 0 Å². The fourth-order valence-electron chi connectivity index (χ4n) is 4.23. The van der Waals surface area contributed by atoms with E-state index in [2.05, 4.69) is 10.6 Å². The summed E-state index contributed by atoms with van der Waals surface area (Å²) < 4.78 is 10.8. The lowest BCUT2D eigenvalue weighted by Gasteiger charge is -2.32. The Hall–Kier alpha value is -3.91. The number of carbonyl (C=O) groups is 3. The number of amides is 3. The highest BCUT2D eigenvalue weighted by Crippen LogP contribution is 2.29. The number of ether oxygens (including phenoxy) is 1. The minimum absolute atomic E-state index is 0.0362. The molecule has 2 N–H and O–H groups in total. The van der Waals surface area contributed by atoms with Gasteiger partial charge < -0.3 is 19.8 Å². The molecule has 0 bridgehead atoms. The molecule has 0 aliphatic carbocycles. The van der Waals surface area contributed by atoms with Gasteiger partial charge in [-0.05, 0) is 54.7 Å². The Bertz CT molecular complexity index is 1140. The van der Waals surface area contributed by atoms with E-state index in [9.17, 15) is 14.4 Å². The Labute approximate surface area is 210 Å². The lowest BCUT2D eigenvalue weighted by Crippen LogP contribution is -2.48. The second kappa shape index (κ2) is 12.2. The highest BCUT2D eigenvalue weighted by atomic mass is 16.5. The van der Waals surface area contributed by atoms with Gasteiger partial charge in [-0.1, -0.05) is 49.4 Å².